The molecule has 0 aliphatic carbocycles. The molecule has 4 nitrogen and oxygen atoms in total. The monoisotopic (exact) mass is 244 g/mol. The molecule has 0 heterocycles. The Labute approximate surface area is 108 Å². The minimum Gasteiger partial charge on any atom is -0.387 e. The number of nitrogens with zero attached hydrogens (tertiary/aromatic N) is 2. The summed E-state index contributed by atoms with van der Waals surface area (Å²) in [5.74, 6) is 1.54. The normalized spacial score (nSPS) is 11.3. The summed E-state index contributed by atoms with van der Waals surface area (Å²) in [6.45, 7) is 9.95. The third-order valence-electron chi connectivity index (χ3n) is 1.80. The van der Waals surface area contributed by atoms with Gasteiger partial charge in [-0.25, -0.2) is 0 Å². The quantitative estimate of drug-likeness (QED) is 0.556. The number of nitrogens with two attached hydrogens (primary N) is 2. The minimum atomic E-state index is 0. The lowest BCUT2D eigenvalue weighted by Crippen LogP contribution is -2.09. The van der Waals surface area contributed by atoms with E-state index in [1.807, 2.05) is 13.8 Å². The predicted octanol–water partition coefficient (Wildman–Crippen LogP) is 2.96. The third kappa shape index (κ3) is 20.9. The standard InChI is InChI=1S/2C6H14N2.CH4/c2*1-3-5-8-6(7)4-2;/h2*3-5H2,1-2H3,(H2,7,8);1H4. The molecule has 0 spiro atoms. The lowest BCUT2D eigenvalue weighted by Gasteiger charge is -1.91. The Morgan fingerprint density at radius 1 is 0.765 bits per heavy atom. The lowest BCUT2D eigenvalue weighted by molar-refractivity contribution is 0.923. The zero-order valence-corrected chi connectivity index (χ0v) is 11.3. The van der Waals surface area contributed by atoms with Crippen LogP contribution in [-0.2, 0) is 0 Å². The van der Waals surface area contributed by atoms with Gasteiger partial charge >= 0.3 is 0 Å². The zero-order chi connectivity index (χ0) is 12.8. The van der Waals surface area contributed by atoms with Crippen LogP contribution >= 0.6 is 0 Å². The molecule has 4 heteroatoms. The van der Waals surface area contributed by atoms with Crippen LogP contribution in [0.25, 0.3) is 0 Å². The van der Waals surface area contributed by atoms with Crippen LogP contribution in [0.4, 0.5) is 0 Å². The molecule has 0 saturated carbocycles. The number of amidine groups is 2. The summed E-state index contributed by atoms with van der Waals surface area (Å²) < 4.78 is 0. The first-order chi connectivity index (χ1) is 7.62. The predicted molar refractivity (Wildman–Crippen MR) is 80.9 cm³/mol. The second-order valence-corrected chi connectivity index (χ2v) is 3.45. The highest BCUT2D eigenvalue weighted by molar-refractivity contribution is 5.80. The maximum absolute atomic E-state index is 5.41. The summed E-state index contributed by atoms with van der Waals surface area (Å²) in [4.78, 5) is 8.11. The molecule has 0 radical (unpaired) electrons. The maximum Gasteiger partial charge on any atom is 0.0934 e. The molecule has 0 rings (SSSR count). The summed E-state index contributed by atoms with van der Waals surface area (Å²) in [6.07, 6.45) is 3.92. The van der Waals surface area contributed by atoms with Crippen molar-refractivity contribution in [2.75, 3.05) is 13.1 Å². The van der Waals surface area contributed by atoms with Crippen molar-refractivity contribution in [2.24, 2.45) is 21.5 Å². The smallest absolute Gasteiger partial charge is 0.0934 e. The molecule has 0 aromatic heterocycles. The molecule has 0 amide bonds. The largest absolute Gasteiger partial charge is 0.387 e. The number of hydrogen-bond donors (Lipinski definition) is 2. The van der Waals surface area contributed by atoms with E-state index in [0.717, 1.165) is 50.4 Å². The van der Waals surface area contributed by atoms with Crippen LogP contribution < -0.4 is 11.5 Å². The Hall–Kier alpha value is -1.06. The van der Waals surface area contributed by atoms with Crippen LogP contribution in [-0.4, -0.2) is 24.8 Å². The molecular formula is C13H32N4. The zero-order valence-electron chi connectivity index (χ0n) is 11.3. The molecule has 0 aromatic rings. The van der Waals surface area contributed by atoms with Crippen molar-refractivity contribution in [2.45, 2.75) is 60.8 Å². The molecule has 4 N–H and O–H groups in total. The molecule has 0 atom stereocenters. The molecule has 0 fully saturated rings. The van der Waals surface area contributed by atoms with Gasteiger partial charge in [0.25, 0.3) is 0 Å². The van der Waals surface area contributed by atoms with E-state index >= 15 is 0 Å². The van der Waals surface area contributed by atoms with Crippen LogP contribution in [0.15, 0.2) is 9.98 Å². The number of aliphatic imine (C=N–C) groups is 2. The van der Waals surface area contributed by atoms with Gasteiger partial charge in [0, 0.05) is 25.9 Å². The minimum absolute atomic E-state index is 0. The van der Waals surface area contributed by atoms with E-state index in [1.54, 1.807) is 0 Å². The molecule has 0 unspecified atom stereocenters. The van der Waals surface area contributed by atoms with Crippen molar-refractivity contribution in [1.82, 2.24) is 0 Å². The average Bonchev–Trinajstić information content (AvgIpc) is 2.33. The van der Waals surface area contributed by atoms with Crippen LogP contribution in [0.1, 0.15) is 60.8 Å². The SMILES string of the molecule is C.CCCN=C(N)CC.CCCN=C(N)CC. The van der Waals surface area contributed by atoms with Crippen molar-refractivity contribution < 1.29 is 0 Å². The van der Waals surface area contributed by atoms with Crippen LogP contribution in [0.5, 0.6) is 0 Å². The Morgan fingerprint density at radius 3 is 1.24 bits per heavy atom. The van der Waals surface area contributed by atoms with Gasteiger partial charge in [0.15, 0.2) is 0 Å². The molecule has 0 aliphatic rings. The van der Waals surface area contributed by atoms with Gasteiger partial charge < -0.3 is 11.5 Å². The highest BCUT2D eigenvalue weighted by Crippen LogP contribution is 1.81. The second-order valence-electron chi connectivity index (χ2n) is 3.45. The number of rotatable bonds is 6. The molecule has 0 aromatic carbocycles. The second kappa shape index (κ2) is 17.3. The third-order valence-corrected chi connectivity index (χ3v) is 1.80. The Bertz CT molecular complexity index is 176. The van der Waals surface area contributed by atoms with Gasteiger partial charge in [-0.05, 0) is 12.8 Å². The highest BCUT2D eigenvalue weighted by Gasteiger charge is 1.82. The highest BCUT2D eigenvalue weighted by atomic mass is 14.8. The first kappa shape index (κ1) is 21.2. The Kier molecular flexibility index (Phi) is 21.7. The van der Waals surface area contributed by atoms with E-state index in [0.29, 0.717) is 0 Å². The number of hydrogen-bond acceptors (Lipinski definition) is 2. The summed E-state index contributed by atoms with van der Waals surface area (Å²) in [5.41, 5.74) is 10.8. The fourth-order valence-electron chi connectivity index (χ4n) is 0.734. The van der Waals surface area contributed by atoms with Gasteiger partial charge in [0.2, 0.25) is 0 Å². The molecule has 104 valence electrons. The van der Waals surface area contributed by atoms with Crippen molar-refractivity contribution in [3.05, 3.63) is 0 Å². The topological polar surface area (TPSA) is 76.8 Å². The van der Waals surface area contributed by atoms with E-state index < -0.39 is 0 Å². The van der Waals surface area contributed by atoms with Crippen LogP contribution in [0.2, 0.25) is 0 Å². The Balaban J connectivity index is -0.000000218. The molecular weight excluding hydrogens is 212 g/mol. The lowest BCUT2D eigenvalue weighted by atomic mass is 10.4. The van der Waals surface area contributed by atoms with E-state index in [-0.39, 0.29) is 7.43 Å². The van der Waals surface area contributed by atoms with E-state index in [2.05, 4.69) is 23.8 Å². The summed E-state index contributed by atoms with van der Waals surface area (Å²) >= 11 is 0. The van der Waals surface area contributed by atoms with E-state index in [9.17, 15) is 0 Å². The van der Waals surface area contributed by atoms with Gasteiger partial charge in [-0.15, -0.1) is 0 Å². The molecule has 0 bridgehead atoms. The first-order valence-electron chi connectivity index (χ1n) is 6.19. The maximum atomic E-state index is 5.41. The van der Waals surface area contributed by atoms with Crippen molar-refractivity contribution in [3.8, 4) is 0 Å². The van der Waals surface area contributed by atoms with Gasteiger partial charge in [0.1, 0.15) is 0 Å². The average molecular weight is 244 g/mol. The van der Waals surface area contributed by atoms with Gasteiger partial charge in [0.05, 0.1) is 11.7 Å². The van der Waals surface area contributed by atoms with Crippen molar-refractivity contribution >= 4 is 11.7 Å². The van der Waals surface area contributed by atoms with Gasteiger partial charge in [-0.1, -0.05) is 35.1 Å². The first-order valence-corrected chi connectivity index (χ1v) is 6.19. The van der Waals surface area contributed by atoms with Crippen molar-refractivity contribution in [1.29, 1.82) is 0 Å². The van der Waals surface area contributed by atoms with E-state index in [4.69, 9.17) is 11.5 Å². The van der Waals surface area contributed by atoms with Crippen LogP contribution in [0, 0.1) is 0 Å². The molecule has 0 aliphatic heterocycles. The summed E-state index contributed by atoms with van der Waals surface area (Å²) in [6, 6.07) is 0. The van der Waals surface area contributed by atoms with Gasteiger partial charge in [-0.2, -0.15) is 0 Å². The molecule has 0 saturated heterocycles. The fraction of sp³-hybridized carbons (Fsp3) is 0.846. The van der Waals surface area contributed by atoms with Gasteiger partial charge in [-0.3, -0.25) is 9.98 Å². The van der Waals surface area contributed by atoms with E-state index in [1.165, 1.54) is 0 Å². The van der Waals surface area contributed by atoms with Crippen molar-refractivity contribution in [3.63, 3.8) is 0 Å². The molecule has 17 heavy (non-hydrogen) atoms. The summed E-state index contributed by atoms with van der Waals surface area (Å²) in [5, 5.41) is 0. The Morgan fingerprint density at radius 2 is 1.06 bits per heavy atom. The summed E-state index contributed by atoms with van der Waals surface area (Å²) in [7, 11) is 0. The fourth-order valence-corrected chi connectivity index (χ4v) is 0.734. The van der Waals surface area contributed by atoms with Crippen LogP contribution in [0.3, 0.4) is 0 Å².